The largest absolute Gasteiger partial charge is 0.457 e. The number of imide groups is 1. The van der Waals surface area contributed by atoms with Gasteiger partial charge >= 0.3 is 0 Å². The molecule has 1 saturated heterocycles. The van der Waals surface area contributed by atoms with E-state index in [-0.39, 0.29) is 21.8 Å². The second-order valence-electron chi connectivity index (χ2n) is 9.77. The third-order valence-corrected chi connectivity index (χ3v) is 7.76. The van der Waals surface area contributed by atoms with Crippen molar-refractivity contribution < 1.29 is 28.8 Å². The number of benzene rings is 3. The van der Waals surface area contributed by atoms with Gasteiger partial charge in [0.2, 0.25) is 0 Å². The summed E-state index contributed by atoms with van der Waals surface area (Å²) in [5, 5.41) is 12.9. The number of fused-ring (bicyclic) bond motifs is 1. The number of hydrazine groups is 1. The van der Waals surface area contributed by atoms with Gasteiger partial charge in [-0.05, 0) is 67.4 Å². The Hall–Kier alpha value is -4.28. The van der Waals surface area contributed by atoms with Crippen LogP contribution in [0, 0.1) is 22.0 Å². The zero-order valence-corrected chi connectivity index (χ0v) is 23.0. The van der Waals surface area contributed by atoms with Crippen molar-refractivity contribution in [3.8, 4) is 11.5 Å². The van der Waals surface area contributed by atoms with Gasteiger partial charge in [0, 0.05) is 22.7 Å². The molecule has 0 spiro atoms. The topological polar surface area (TPSA) is 127 Å². The number of carbonyl (C=O) groups excluding carboxylic acids is 4. The smallest absolute Gasteiger partial charge is 0.274 e. The molecule has 1 saturated carbocycles. The summed E-state index contributed by atoms with van der Waals surface area (Å²) in [6, 6.07) is 15.7. The van der Waals surface area contributed by atoms with Gasteiger partial charge in [-0.15, -0.1) is 0 Å². The highest BCUT2D eigenvalue weighted by atomic mass is 35.5. The van der Waals surface area contributed by atoms with Crippen molar-refractivity contribution in [2.45, 2.75) is 25.7 Å². The van der Waals surface area contributed by atoms with Gasteiger partial charge < -0.3 is 4.74 Å². The first-order valence-electron chi connectivity index (χ1n) is 12.8. The Morgan fingerprint density at radius 1 is 0.902 bits per heavy atom. The summed E-state index contributed by atoms with van der Waals surface area (Å²) < 4.78 is 5.69. The first kappa shape index (κ1) is 28.3. The van der Waals surface area contributed by atoms with E-state index in [2.05, 4.69) is 0 Å². The number of Topliss-reactive ketones (excluding diaryl/α,β-unsaturated/α-hetero) is 1. The lowest BCUT2D eigenvalue weighted by Gasteiger charge is -2.30. The molecule has 210 valence electrons. The molecule has 5 rings (SSSR count). The molecule has 41 heavy (non-hydrogen) atoms. The molecule has 0 N–H and O–H groups in total. The average molecular weight is 596 g/mol. The second kappa shape index (κ2) is 11.7. The lowest BCUT2D eigenvalue weighted by molar-refractivity contribution is -0.384. The Bertz CT molecular complexity index is 1520. The fourth-order valence-corrected chi connectivity index (χ4v) is 5.62. The van der Waals surface area contributed by atoms with Gasteiger partial charge in [-0.2, -0.15) is 5.01 Å². The lowest BCUT2D eigenvalue weighted by atomic mass is 9.81. The van der Waals surface area contributed by atoms with Crippen molar-refractivity contribution in [3.05, 3.63) is 98.0 Å². The summed E-state index contributed by atoms with van der Waals surface area (Å²) in [5.41, 5.74) is 0.121. The Balaban J connectivity index is 1.39. The van der Waals surface area contributed by atoms with Gasteiger partial charge in [-0.25, -0.2) is 5.01 Å². The minimum absolute atomic E-state index is 0.00816. The van der Waals surface area contributed by atoms with Crippen LogP contribution >= 0.6 is 23.2 Å². The minimum atomic E-state index is -0.779. The number of hydrogen-bond acceptors (Lipinski definition) is 7. The summed E-state index contributed by atoms with van der Waals surface area (Å²) >= 11 is 12.3. The number of nitrogens with zero attached hydrogens (tertiary/aromatic N) is 3. The fourth-order valence-electron chi connectivity index (χ4n) is 5.13. The monoisotopic (exact) mass is 595 g/mol. The lowest BCUT2D eigenvalue weighted by Crippen LogP contribution is -2.52. The van der Waals surface area contributed by atoms with E-state index in [1.807, 2.05) is 0 Å². The summed E-state index contributed by atoms with van der Waals surface area (Å²) in [7, 11) is 0. The zero-order chi connectivity index (χ0) is 29.3. The molecule has 2 fully saturated rings. The molecule has 1 heterocycles. The predicted octanol–water partition coefficient (Wildman–Crippen LogP) is 6.11. The van der Waals surface area contributed by atoms with Crippen molar-refractivity contribution in [3.63, 3.8) is 0 Å². The molecule has 0 radical (unpaired) electrons. The Labute approximate surface area is 244 Å². The molecule has 1 aliphatic heterocycles. The maximum atomic E-state index is 13.7. The van der Waals surface area contributed by atoms with E-state index >= 15 is 0 Å². The Morgan fingerprint density at radius 3 is 2.00 bits per heavy atom. The van der Waals surface area contributed by atoms with E-state index in [1.165, 1.54) is 66.7 Å². The van der Waals surface area contributed by atoms with Crippen molar-refractivity contribution in [1.29, 1.82) is 0 Å². The van der Waals surface area contributed by atoms with Gasteiger partial charge in [0.1, 0.15) is 18.0 Å². The molecular weight excluding hydrogens is 573 g/mol. The van der Waals surface area contributed by atoms with Gasteiger partial charge in [0.15, 0.2) is 5.78 Å². The number of rotatable bonds is 8. The van der Waals surface area contributed by atoms with Crippen LogP contribution in [0.2, 0.25) is 10.0 Å². The number of amides is 3. The fraction of sp³-hybridized carbons (Fsp3) is 0.241. The Morgan fingerprint density at radius 2 is 1.46 bits per heavy atom. The first-order valence-corrected chi connectivity index (χ1v) is 13.6. The molecular formula is C29H23Cl2N3O7. The first-order chi connectivity index (χ1) is 19.6. The highest BCUT2D eigenvalue weighted by Crippen LogP contribution is 2.39. The van der Waals surface area contributed by atoms with Crippen LogP contribution in [-0.4, -0.2) is 45.0 Å². The molecule has 2 atom stereocenters. The molecule has 2 aliphatic rings. The predicted molar refractivity (Wildman–Crippen MR) is 149 cm³/mol. The number of carbonyl (C=O) groups is 4. The van der Waals surface area contributed by atoms with E-state index in [0.29, 0.717) is 29.4 Å². The van der Waals surface area contributed by atoms with Crippen LogP contribution in [0.3, 0.4) is 0 Å². The zero-order valence-electron chi connectivity index (χ0n) is 21.5. The molecule has 3 amide bonds. The molecule has 3 aromatic rings. The molecule has 3 aromatic carbocycles. The quantitative estimate of drug-likeness (QED) is 0.133. The van der Waals surface area contributed by atoms with Crippen LogP contribution < -0.4 is 4.74 Å². The number of hydrogen-bond donors (Lipinski definition) is 0. The normalized spacial score (nSPS) is 18.1. The van der Waals surface area contributed by atoms with Crippen LogP contribution in [0.15, 0.2) is 66.7 Å². The van der Waals surface area contributed by atoms with Gasteiger partial charge in [0.05, 0.1) is 27.3 Å². The van der Waals surface area contributed by atoms with Crippen molar-refractivity contribution in [1.82, 2.24) is 10.0 Å². The van der Waals surface area contributed by atoms with E-state index in [1.54, 1.807) is 0 Å². The van der Waals surface area contributed by atoms with Crippen LogP contribution in [0.4, 0.5) is 5.69 Å². The highest BCUT2D eigenvalue weighted by molar-refractivity contribution is 6.36. The molecule has 1 aliphatic carbocycles. The Kier molecular flexibility index (Phi) is 8.05. The van der Waals surface area contributed by atoms with Crippen LogP contribution in [0.1, 0.15) is 46.4 Å². The molecule has 0 aromatic heterocycles. The third-order valence-electron chi connectivity index (χ3n) is 7.21. The number of nitro groups is 1. The van der Waals surface area contributed by atoms with Crippen molar-refractivity contribution >= 4 is 52.4 Å². The summed E-state index contributed by atoms with van der Waals surface area (Å²) in [6.45, 7) is -0.586. The highest BCUT2D eigenvalue weighted by Gasteiger charge is 2.52. The average Bonchev–Trinajstić information content (AvgIpc) is 3.21. The van der Waals surface area contributed by atoms with E-state index in [0.717, 1.165) is 22.9 Å². The SMILES string of the molecule is O=C(CN(C(=O)c1ccc(Cl)cc1Cl)N1C(=O)[C@H]2CCCC[C@@H]2C1=O)c1ccc(Oc2ccc([N+](=O)[O-])cc2)cc1. The van der Waals surface area contributed by atoms with Crippen LogP contribution in [0.25, 0.3) is 0 Å². The molecule has 12 heteroatoms. The van der Waals surface area contributed by atoms with Crippen LogP contribution in [-0.2, 0) is 9.59 Å². The van der Waals surface area contributed by atoms with Gasteiger partial charge in [-0.3, -0.25) is 29.3 Å². The number of ketones is 1. The molecule has 0 bridgehead atoms. The van der Waals surface area contributed by atoms with Crippen molar-refractivity contribution in [2.75, 3.05) is 6.54 Å². The molecule has 0 unspecified atom stereocenters. The number of non-ortho nitro benzene ring substituents is 1. The van der Waals surface area contributed by atoms with E-state index < -0.39 is 46.8 Å². The summed E-state index contributed by atoms with van der Waals surface area (Å²) in [5.74, 6) is -2.64. The maximum absolute atomic E-state index is 13.7. The van der Waals surface area contributed by atoms with Gasteiger partial charge in [0.25, 0.3) is 23.4 Å². The summed E-state index contributed by atoms with van der Waals surface area (Å²) in [4.78, 5) is 64.1. The van der Waals surface area contributed by atoms with E-state index in [4.69, 9.17) is 27.9 Å². The number of halogens is 2. The third kappa shape index (κ3) is 5.79. The standard InChI is InChI=1S/C29H23Cl2N3O7/c30-18-7-14-24(25(31)15-18)27(36)32(33-28(37)22-3-1-2-4-23(22)29(33)38)16-26(35)17-5-10-20(11-6-17)41-21-12-8-19(9-13-21)34(39)40/h5-15,22-23H,1-4,16H2/t22-,23-/m0/s1. The maximum Gasteiger partial charge on any atom is 0.274 e. The minimum Gasteiger partial charge on any atom is -0.457 e. The van der Waals surface area contributed by atoms with Crippen molar-refractivity contribution in [2.24, 2.45) is 11.8 Å². The molecule has 10 nitrogen and oxygen atoms in total. The van der Waals surface area contributed by atoms with Crippen LogP contribution in [0.5, 0.6) is 11.5 Å². The number of nitro benzene ring substituents is 1. The second-order valence-corrected chi connectivity index (χ2v) is 10.6. The van der Waals surface area contributed by atoms with Gasteiger partial charge in [-0.1, -0.05) is 36.0 Å². The number of ether oxygens (including phenoxy) is 1. The van der Waals surface area contributed by atoms with E-state index in [9.17, 15) is 29.3 Å². The summed E-state index contributed by atoms with van der Waals surface area (Å²) in [6.07, 6.45) is 2.69.